The normalized spacial score (nSPS) is 11.7. The fourth-order valence-corrected chi connectivity index (χ4v) is 7.61. The Morgan fingerprint density at radius 1 is 0.465 bits per heavy atom. The van der Waals surface area contributed by atoms with E-state index in [0.29, 0.717) is 11.1 Å². The molecule has 0 fully saturated rings. The van der Waals surface area contributed by atoms with Gasteiger partial charge in [0.15, 0.2) is 0 Å². The molecule has 0 spiro atoms. The van der Waals surface area contributed by atoms with Crippen LogP contribution in [-0.4, -0.2) is 14.1 Å². The van der Waals surface area contributed by atoms with Gasteiger partial charge in [0.25, 0.3) is 0 Å². The molecule has 43 heavy (non-hydrogen) atoms. The number of hydrogen-bond acceptors (Lipinski definition) is 4. The summed E-state index contributed by atoms with van der Waals surface area (Å²) in [4.78, 5) is 5.27. The predicted octanol–water partition coefficient (Wildman–Crippen LogP) is 9.39. The standard InChI is InChI=1S/C37H19N5S/c38-20-22-12-14-32-26(16-22)24-6-1-3-8-30(24)41(32)36-10-5-11-37(40-36)42-31-9-4-2-7-25(31)27-18-29-28-17-23(21-39)13-15-34(28)43-35(29)19-33(27)42/h1-19H. The number of nitrogens with zero attached hydrogens (tertiary/aromatic N) is 5. The molecular weight excluding hydrogens is 547 g/mol. The minimum atomic E-state index is 0.638. The number of benzene rings is 5. The van der Waals surface area contributed by atoms with E-state index in [2.05, 4.69) is 81.9 Å². The summed E-state index contributed by atoms with van der Waals surface area (Å²) in [6.07, 6.45) is 0. The summed E-state index contributed by atoms with van der Waals surface area (Å²) < 4.78 is 6.78. The molecule has 0 aliphatic rings. The minimum Gasteiger partial charge on any atom is -0.294 e. The largest absolute Gasteiger partial charge is 0.294 e. The monoisotopic (exact) mass is 565 g/mol. The van der Waals surface area contributed by atoms with E-state index in [4.69, 9.17) is 4.98 Å². The Kier molecular flexibility index (Phi) is 4.84. The highest BCUT2D eigenvalue weighted by molar-refractivity contribution is 7.25. The number of nitriles is 2. The number of aromatic nitrogens is 3. The van der Waals surface area contributed by atoms with Crippen molar-refractivity contribution in [3.8, 4) is 23.8 Å². The molecule has 6 heteroatoms. The highest BCUT2D eigenvalue weighted by atomic mass is 32.1. The number of thiophene rings is 1. The molecule has 9 rings (SSSR count). The van der Waals surface area contributed by atoms with Crippen LogP contribution in [0.15, 0.2) is 115 Å². The maximum absolute atomic E-state index is 9.55. The fraction of sp³-hybridized carbons (Fsp3) is 0. The molecule has 0 atom stereocenters. The summed E-state index contributed by atoms with van der Waals surface area (Å²) in [6.45, 7) is 0. The third kappa shape index (κ3) is 3.33. The minimum absolute atomic E-state index is 0.638. The van der Waals surface area contributed by atoms with E-state index in [1.807, 2.05) is 54.6 Å². The number of hydrogen-bond donors (Lipinski definition) is 0. The molecule has 0 saturated heterocycles. The topological polar surface area (TPSA) is 70.3 Å². The summed E-state index contributed by atoms with van der Waals surface area (Å²) in [5.74, 6) is 1.64. The quantitative estimate of drug-likeness (QED) is 0.210. The lowest BCUT2D eigenvalue weighted by Crippen LogP contribution is -2.03. The van der Waals surface area contributed by atoms with Crippen LogP contribution >= 0.6 is 11.3 Å². The van der Waals surface area contributed by atoms with E-state index < -0.39 is 0 Å². The maximum atomic E-state index is 9.55. The first-order valence-corrected chi connectivity index (χ1v) is 14.7. The van der Waals surface area contributed by atoms with E-state index in [1.54, 1.807) is 11.3 Å². The van der Waals surface area contributed by atoms with Crippen molar-refractivity contribution in [2.24, 2.45) is 0 Å². The van der Waals surface area contributed by atoms with Crippen molar-refractivity contribution in [2.45, 2.75) is 0 Å². The van der Waals surface area contributed by atoms with Gasteiger partial charge < -0.3 is 0 Å². The molecule has 5 aromatic carbocycles. The van der Waals surface area contributed by atoms with Gasteiger partial charge in [-0.1, -0.05) is 42.5 Å². The molecule has 4 aromatic heterocycles. The zero-order chi connectivity index (χ0) is 28.7. The van der Waals surface area contributed by atoms with Crippen molar-refractivity contribution in [2.75, 3.05) is 0 Å². The van der Waals surface area contributed by atoms with Gasteiger partial charge in [0.2, 0.25) is 0 Å². The van der Waals surface area contributed by atoms with Gasteiger partial charge >= 0.3 is 0 Å². The average molecular weight is 566 g/mol. The second-order valence-corrected chi connectivity index (χ2v) is 11.8. The second kappa shape index (κ2) is 8.77. The van der Waals surface area contributed by atoms with E-state index in [0.717, 1.165) is 66.0 Å². The average Bonchev–Trinajstić information content (AvgIpc) is 3.70. The van der Waals surface area contributed by atoms with Gasteiger partial charge in [-0.2, -0.15) is 10.5 Å². The Hall–Kier alpha value is -5.95. The van der Waals surface area contributed by atoms with Gasteiger partial charge in [-0.3, -0.25) is 9.13 Å². The molecule has 4 heterocycles. The first-order chi connectivity index (χ1) is 21.2. The van der Waals surface area contributed by atoms with E-state index in [9.17, 15) is 10.5 Å². The molecule has 0 bridgehead atoms. The molecule has 198 valence electrons. The van der Waals surface area contributed by atoms with Gasteiger partial charge in [0.1, 0.15) is 11.6 Å². The second-order valence-electron chi connectivity index (χ2n) is 10.7. The Morgan fingerprint density at radius 2 is 1.02 bits per heavy atom. The van der Waals surface area contributed by atoms with Crippen LogP contribution in [0, 0.1) is 22.7 Å². The molecule has 0 unspecified atom stereocenters. The highest BCUT2D eigenvalue weighted by Gasteiger charge is 2.18. The van der Waals surface area contributed by atoms with Crippen molar-refractivity contribution in [3.63, 3.8) is 0 Å². The lowest BCUT2D eigenvalue weighted by atomic mass is 10.1. The van der Waals surface area contributed by atoms with Crippen molar-refractivity contribution < 1.29 is 0 Å². The molecule has 0 radical (unpaired) electrons. The van der Waals surface area contributed by atoms with Gasteiger partial charge in [-0.05, 0) is 72.8 Å². The van der Waals surface area contributed by atoms with E-state index >= 15 is 0 Å². The Labute approximate surface area is 249 Å². The van der Waals surface area contributed by atoms with Crippen molar-refractivity contribution in [1.29, 1.82) is 10.5 Å². The molecule has 0 saturated carbocycles. The Balaban J connectivity index is 1.33. The first-order valence-electron chi connectivity index (χ1n) is 13.9. The van der Waals surface area contributed by atoms with E-state index in [-0.39, 0.29) is 0 Å². The molecule has 0 aliphatic heterocycles. The smallest absolute Gasteiger partial charge is 0.140 e. The number of pyridine rings is 1. The van der Waals surface area contributed by atoms with Crippen molar-refractivity contribution >= 4 is 75.1 Å². The third-order valence-corrected chi connectivity index (χ3v) is 9.51. The number of para-hydroxylation sites is 2. The lowest BCUT2D eigenvalue weighted by Gasteiger charge is -2.11. The summed E-state index contributed by atoms with van der Waals surface area (Å²) in [5, 5.41) is 25.8. The van der Waals surface area contributed by atoms with Crippen LogP contribution in [0.1, 0.15) is 11.1 Å². The predicted molar refractivity (Wildman–Crippen MR) is 175 cm³/mol. The molecule has 5 nitrogen and oxygen atoms in total. The van der Waals surface area contributed by atoms with Gasteiger partial charge in [0, 0.05) is 41.7 Å². The number of rotatable bonds is 2. The Morgan fingerprint density at radius 3 is 1.72 bits per heavy atom. The highest BCUT2D eigenvalue weighted by Crippen LogP contribution is 2.41. The third-order valence-electron chi connectivity index (χ3n) is 8.37. The van der Waals surface area contributed by atoms with Crippen LogP contribution in [0.5, 0.6) is 0 Å². The van der Waals surface area contributed by atoms with Crippen molar-refractivity contribution in [1.82, 2.24) is 14.1 Å². The fourth-order valence-electron chi connectivity index (χ4n) is 6.51. The van der Waals surface area contributed by atoms with Crippen LogP contribution in [0.25, 0.3) is 75.4 Å². The lowest BCUT2D eigenvalue weighted by molar-refractivity contribution is 1.01. The zero-order valence-corrected chi connectivity index (χ0v) is 23.4. The van der Waals surface area contributed by atoms with Crippen LogP contribution in [0.3, 0.4) is 0 Å². The molecule has 0 amide bonds. The van der Waals surface area contributed by atoms with Crippen molar-refractivity contribution in [3.05, 3.63) is 126 Å². The maximum Gasteiger partial charge on any atom is 0.140 e. The van der Waals surface area contributed by atoms with Crippen LogP contribution < -0.4 is 0 Å². The van der Waals surface area contributed by atoms with Gasteiger partial charge in [-0.15, -0.1) is 11.3 Å². The summed E-state index contributed by atoms with van der Waals surface area (Å²) in [7, 11) is 0. The number of fused-ring (bicyclic) bond motifs is 9. The SMILES string of the molecule is N#Cc1ccc2sc3cc4c(cc3c2c1)c1ccccc1n4-c1cccc(-n2c3ccccc3c3cc(C#N)ccc32)n1. The summed E-state index contributed by atoms with van der Waals surface area (Å²) in [5.41, 5.74) is 5.54. The summed E-state index contributed by atoms with van der Waals surface area (Å²) >= 11 is 1.75. The molecule has 0 aliphatic carbocycles. The zero-order valence-electron chi connectivity index (χ0n) is 22.6. The van der Waals surface area contributed by atoms with Gasteiger partial charge in [-0.25, -0.2) is 4.98 Å². The molecule has 0 N–H and O–H groups in total. The van der Waals surface area contributed by atoms with E-state index in [1.165, 1.54) is 9.40 Å². The van der Waals surface area contributed by atoms with Crippen LogP contribution in [0.4, 0.5) is 0 Å². The van der Waals surface area contributed by atoms with Gasteiger partial charge in [0.05, 0.1) is 45.3 Å². The summed E-state index contributed by atoms with van der Waals surface area (Å²) in [6, 6.07) is 43.8. The first kappa shape index (κ1) is 23.7. The van der Waals surface area contributed by atoms with Crippen LogP contribution in [0.2, 0.25) is 0 Å². The Bertz CT molecular complexity index is 2710. The van der Waals surface area contributed by atoms with Crippen LogP contribution in [-0.2, 0) is 0 Å². The molecule has 9 aromatic rings. The molecular formula is C37H19N5S.